The largest absolute Gasteiger partial charge is 0.477 e. The Kier molecular flexibility index (Phi) is 5.40. The van der Waals surface area contributed by atoms with Crippen LogP contribution >= 0.6 is 23.2 Å². The number of carbonyl (C=O) groups is 2. The third-order valence-electron chi connectivity index (χ3n) is 6.68. The van der Waals surface area contributed by atoms with E-state index < -0.39 is 5.97 Å². The summed E-state index contributed by atoms with van der Waals surface area (Å²) < 4.78 is 1.71. The first-order chi connectivity index (χ1) is 15.3. The number of carbonyl (C=O) groups excluding carboxylic acids is 1. The van der Waals surface area contributed by atoms with Crippen molar-refractivity contribution in [3.05, 3.63) is 69.3 Å². The molecular formula is C24H23Cl2N3O3. The number of nitrogens with zero attached hydrogens (tertiary/aromatic N) is 3. The predicted molar refractivity (Wildman–Crippen MR) is 125 cm³/mol. The van der Waals surface area contributed by atoms with Crippen molar-refractivity contribution in [2.75, 3.05) is 33.2 Å². The molecule has 2 saturated heterocycles. The minimum absolute atomic E-state index is 0.0312. The van der Waals surface area contributed by atoms with Gasteiger partial charge in [-0.25, -0.2) is 4.79 Å². The summed E-state index contributed by atoms with van der Waals surface area (Å²) >= 11 is 12.2. The maximum absolute atomic E-state index is 13.4. The van der Waals surface area contributed by atoms with Gasteiger partial charge in [-0.1, -0.05) is 35.3 Å². The number of fused-ring (bicyclic) bond motifs is 2. The van der Waals surface area contributed by atoms with Crippen LogP contribution in [0.4, 0.5) is 0 Å². The van der Waals surface area contributed by atoms with Gasteiger partial charge in [0.1, 0.15) is 5.69 Å². The van der Waals surface area contributed by atoms with Crippen molar-refractivity contribution in [3.63, 3.8) is 0 Å². The van der Waals surface area contributed by atoms with Crippen molar-refractivity contribution in [1.82, 2.24) is 14.4 Å². The Morgan fingerprint density at radius 2 is 1.72 bits per heavy atom. The molecular weight excluding hydrogens is 449 g/mol. The summed E-state index contributed by atoms with van der Waals surface area (Å²) in [6, 6.07) is 12.3. The number of hydrogen-bond acceptors (Lipinski definition) is 3. The molecule has 1 aromatic heterocycles. The summed E-state index contributed by atoms with van der Waals surface area (Å²) in [7, 11) is 2.12. The molecule has 32 heavy (non-hydrogen) atoms. The van der Waals surface area contributed by atoms with Crippen LogP contribution in [0.5, 0.6) is 0 Å². The topological polar surface area (TPSA) is 65.8 Å². The summed E-state index contributed by atoms with van der Waals surface area (Å²) in [5, 5.41) is 11.4. The Hall–Kier alpha value is -2.54. The van der Waals surface area contributed by atoms with E-state index in [-0.39, 0.29) is 11.6 Å². The van der Waals surface area contributed by atoms with Crippen LogP contribution in [0, 0.1) is 11.8 Å². The Balaban J connectivity index is 1.52. The fourth-order valence-corrected chi connectivity index (χ4v) is 5.52. The predicted octanol–water partition coefficient (Wildman–Crippen LogP) is 4.33. The van der Waals surface area contributed by atoms with Crippen molar-refractivity contribution in [1.29, 1.82) is 0 Å². The average molecular weight is 472 g/mol. The third-order valence-corrected chi connectivity index (χ3v) is 7.42. The second-order valence-corrected chi connectivity index (χ2v) is 9.67. The fourth-order valence-electron chi connectivity index (χ4n) is 5.20. The minimum atomic E-state index is -1.04. The van der Waals surface area contributed by atoms with E-state index in [9.17, 15) is 14.7 Å². The molecule has 1 N–H and O–H groups in total. The van der Waals surface area contributed by atoms with E-state index in [4.69, 9.17) is 23.2 Å². The molecule has 5 rings (SSSR count). The highest BCUT2D eigenvalue weighted by Gasteiger charge is 2.40. The molecule has 1 amide bonds. The zero-order chi connectivity index (χ0) is 22.6. The molecule has 0 aliphatic carbocycles. The van der Waals surface area contributed by atoms with Crippen LogP contribution in [0.1, 0.15) is 26.4 Å². The highest BCUT2D eigenvalue weighted by Crippen LogP contribution is 2.33. The quantitative estimate of drug-likeness (QED) is 0.614. The number of aromatic nitrogens is 1. The number of hydrogen-bond donors (Lipinski definition) is 1. The SMILES string of the molecule is CN1CC2CN(C(=O)c3cccc4c3cc(C(=O)O)n4Cc3ccc(Cl)c(Cl)c3)CC2C1. The van der Waals surface area contributed by atoms with E-state index in [0.717, 1.165) is 31.7 Å². The lowest BCUT2D eigenvalue weighted by molar-refractivity contribution is 0.0685. The van der Waals surface area contributed by atoms with Gasteiger partial charge in [-0.15, -0.1) is 0 Å². The maximum Gasteiger partial charge on any atom is 0.352 e. The van der Waals surface area contributed by atoms with Crippen molar-refractivity contribution < 1.29 is 14.7 Å². The minimum Gasteiger partial charge on any atom is -0.477 e. The van der Waals surface area contributed by atoms with E-state index in [1.165, 1.54) is 0 Å². The number of likely N-dealkylation sites (tertiary alicyclic amines) is 2. The molecule has 2 aliphatic rings. The zero-order valence-electron chi connectivity index (χ0n) is 17.6. The number of aromatic carboxylic acids is 1. The second-order valence-electron chi connectivity index (χ2n) is 8.86. The number of amides is 1. The van der Waals surface area contributed by atoms with Crippen LogP contribution in [-0.4, -0.2) is 64.6 Å². The first-order valence-electron chi connectivity index (χ1n) is 10.6. The first-order valence-corrected chi connectivity index (χ1v) is 11.3. The molecule has 0 spiro atoms. The lowest BCUT2D eigenvalue weighted by atomic mass is 10.0. The third kappa shape index (κ3) is 3.66. The van der Waals surface area contributed by atoms with E-state index in [2.05, 4.69) is 11.9 Å². The van der Waals surface area contributed by atoms with Gasteiger partial charge in [0.25, 0.3) is 5.91 Å². The smallest absolute Gasteiger partial charge is 0.352 e. The van der Waals surface area contributed by atoms with E-state index >= 15 is 0 Å². The van der Waals surface area contributed by atoms with Crippen molar-refractivity contribution in [2.45, 2.75) is 6.54 Å². The van der Waals surface area contributed by atoms with E-state index in [1.807, 2.05) is 23.1 Å². The number of rotatable bonds is 4. The van der Waals surface area contributed by atoms with Gasteiger partial charge in [-0.3, -0.25) is 4.79 Å². The van der Waals surface area contributed by atoms with Crippen LogP contribution in [0.25, 0.3) is 10.9 Å². The fraction of sp³-hybridized carbons (Fsp3) is 0.333. The van der Waals surface area contributed by atoms with E-state index in [1.54, 1.807) is 28.8 Å². The Bertz CT molecular complexity index is 1220. The van der Waals surface area contributed by atoms with Crippen molar-refractivity contribution in [3.8, 4) is 0 Å². The molecule has 2 fully saturated rings. The normalized spacial score (nSPS) is 20.8. The molecule has 8 heteroatoms. The van der Waals surface area contributed by atoms with Gasteiger partial charge < -0.3 is 19.5 Å². The van der Waals surface area contributed by atoms with Gasteiger partial charge in [-0.2, -0.15) is 0 Å². The number of carboxylic acid groups (broad SMARTS) is 1. The Morgan fingerprint density at radius 3 is 2.38 bits per heavy atom. The number of halogens is 2. The van der Waals surface area contributed by atoms with Crippen molar-refractivity contribution >= 4 is 46.0 Å². The maximum atomic E-state index is 13.4. The van der Waals surface area contributed by atoms with Crippen LogP contribution in [0.15, 0.2) is 42.5 Å². The molecule has 2 unspecified atom stereocenters. The van der Waals surface area contributed by atoms with Crippen LogP contribution in [-0.2, 0) is 6.54 Å². The highest BCUT2D eigenvalue weighted by molar-refractivity contribution is 6.42. The van der Waals surface area contributed by atoms with Crippen molar-refractivity contribution in [2.24, 2.45) is 11.8 Å². The molecule has 166 valence electrons. The molecule has 6 nitrogen and oxygen atoms in total. The summed E-state index contributed by atoms with van der Waals surface area (Å²) in [6.07, 6.45) is 0. The van der Waals surface area contributed by atoms with Crippen LogP contribution in [0.2, 0.25) is 10.0 Å². The summed E-state index contributed by atoms with van der Waals surface area (Å²) in [5.74, 6) is -0.0522. The lowest BCUT2D eigenvalue weighted by Gasteiger charge is -2.20. The molecule has 0 radical (unpaired) electrons. The standard InChI is InChI=1S/C24H23Cl2N3O3/c1-27-10-15-12-28(13-16(15)11-27)23(30)17-3-2-4-21-18(17)8-22(24(31)32)29(21)9-14-5-6-19(25)20(26)7-14/h2-8,15-16H,9-13H2,1H3,(H,31,32). The van der Waals surface area contributed by atoms with Crippen LogP contribution in [0.3, 0.4) is 0 Å². The van der Waals surface area contributed by atoms with Gasteiger partial charge in [0.05, 0.1) is 10.0 Å². The van der Waals surface area contributed by atoms with Gasteiger partial charge in [0.15, 0.2) is 0 Å². The molecule has 0 saturated carbocycles. The van der Waals surface area contributed by atoms with E-state index in [0.29, 0.717) is 44.9 Å². The zero-order valence-corrected chi connectivity index (χ0v) is 19.1. The summed E-state index contributed by atoms with van der Waals surface area (Å²) in [5.41, 5.74) is 2.21. The molecule has 2 atom stereocenters. The Morgan fingerprint density at radius 1 is 1.00 bits per heavy atom. The highest BCUT2D eigenvalue weighted by atomic mass is 35.5. The van der Waals surface area contributed by atoms with Gasteiger partial charge >= 0.3 is 5.97 Å². The van der Waals surface area contributed by atoms with Gasteiger partial charge in [-0.05, 0) is 54.8 Å². The average Bonchev–Trinajstić information content (AvgIpc) is 3.41. The molecule has 2 aliphatic heterocycles. The Labute approximate surface area is 195 Å². The van der Waals surface area contributed by atoms with Crippen LogP contribution < -0.4 is 0 Å². The molecule has 3 heterocycles. The molecule has 0 bridgehead atoms. The van der Waals surface area contributed by atoms with Gasteiger partial charge in [0, 0.05) is 49.2 Å². The number of benzene rings is 2. The first kappa shape index (κ1) is 21.3. The monoisotopic (exact) mass is 471 g/mol. The molecule has 2 aromatic carbocycles. The summed E-state index contributed by atoms with van der Waals surface area (Å²) in [4.78, 5) is 29.7. The van der Waals surface area contributed by atoms with Gasteiger partial charge in [0.2, 0.25) is 0 Å². The number of carboxylic acids is 1. The second kappa shape index (κ2) is 8.10. The summed E-state index contributed by atoms with van der Waals surface area (Å²) in [6.45, 7) is 3.84. The molecule has 3 aromatic rings. The lowest BCUT2D eigenvalue weighted by Crippen LogP contribution is -2.32.